The van der Waals surface area contributed by atoms with Crippen molar-refractivity contribution in [2.45, 2.75) is 32.3 Å². The quantitative estimate of drug-likeness (QED) is 0.727. The Labute approximate surface area is 114 Å². The second kappa shape index (κ2) is 5.74. The average Bonchev–Trinajstić information content (AvgIpc) is 2.26. The summed E-state index contributed by atoms with van der Waals surface area (Å²) in [5, 5.41) is 18.5. The summed E-state index contributed by atoms with van der Waals surface area (Å²) >= 11 is 0. The minimum atomic E-state index is -3.63. The zero-order valence-electron chi connectivity index (χ0n) is 11.5. The van der Waals surface area contributed by atoms with Gasteiger partial charge >= 0.3 is 5.97 Å². The molecule has 7 nitrogen and oxygen atoms in total. The summed E-state index contributed by atoms with van der Waals surface area (Å²) < 4.78 is 26.8. The molecule has 1 rings (SSSR count). The van der Waals surface area contributed by atoms with E-state index in [9.17, 15) is 18.3 Å². The molecule has 1 fully saturated rings. The van der Waals surface area contributed by atoms with E-state index < -0.39 is 27.7 Å². The van der Waals surface area contributed by atoms with E-state index in [0.717, 1.165) is 4.31 Å². The maximum absolute atomic E-state index is 12.2. The highest BCUT2D eigenvalue weighted by Gasteiger charge is 2.34. The van der Waals surface area contributed by atoms with Crippen molar-refractivity contribution in [2.24, 2.45) is 5.92 Å². The van der Waals surface area contributed by atoms with E-state index in [1.807, 2.05) is 0 Å². The number of nitrogens with zero attached hydrogens (tertiary/aromatic N) is 2. The number of hydrogen-bond acceptors (Lipinski definition) is 4. The molecule has 1 heterocycles. The molecule has 0 amide bonds. The van der Waals surface area contributed by atoms with Gasteiger partial charge in [-0.1, -0.05) is 0 Å². The Morgan fingerprint density at radius 1 is 1.37 bits per heavy atom. The SMILES string of the molecule is CN(CC(C)(C)O)S(=O)(=O)N1CCC(C(=O)O)CC1. The highest BCUT2D eigenvalue weighted by molar-refractivity contribution is 7.86. The number of likely N-dealkylation sites (N-methyl/N-ethyl adjacent to an activating group) is 1. The van der Waals surface area contributed by atoms with Crippen molar-refractivity contribution in [3.05, 3.63) is 0 Å². The lowest BCUT2D eigenvalue weighted by Gasteiger charge is -2.34. The lowest BCUT2D eigenvalue weighted by atomic mass is 9.99. The summed E-state index contributed by atoms with van der Waals surface area (Å²) in [5.41, 5.74) is -1.11. The number of rotatable bonds is 5. The van der Waals surface area contributed by atoms with E-state index in [2.05, 4.69) is 0 Å². The first-order valence-electron chi connectivity index (χ1n) is 6.20. The molecule has 1 aliphatic heterocycles. The van der Waals surface area contributed by atoms with Crippen LogP contribution in [0.1, 0.15) is 26.7 Å². The Morgan fingerprint density at radius 2 is 1.84 bits per heavy atom. The molecule has 8 heteroatoms. The largest absolute Gasteiger partial charge is 0.481 e. The van der Waals surface area contributed by atoms with Gasteiger partial charge in [0.25, 0.3) is 10.2 Å². The van der Waals surface area contributed by atoms with E-state index in [1.165, 1.54) is 25.2 Å². The number of aliphatic carboxylic acids is 1. The molecule has 0 spiro atoms. The molecule has 0 radical (unpaired) electrons. The predicted octanol–water partition coefficient (Wildman–Crippen LogP) is -0.269. The zero-order chi connectivity index (χ0) is 14.8. The molecular weight excluding hydrogens is 272 g/mol. The monoisotopic (exact) mass is 294 g/mol. The lowest BCUT2D eigenvalue weighted by Crippen LogP contribution is -2.49. The average molecular weight is 294 g/mol. The van der Waals surface area contributed by atoms with Gasteiger partial charge < -0.3 is 10.2 Å². The Kier molecular flexibility index (Phi) is 4.94. The van der Waals surface area contributed by atoms with Gasteiger partial charge in [0.1, 0.15) is 0 Å². The second-order valence-electron chi connectivity index (χ2n) is 5.59. The number of aliphatic hydroxyl groups is 1. The molecule has 1 saturated heterocycles. The van der Waals surface area contributed by atoms with E-state index in [0.29, 0.717) is 12.8 Å². The van der Waals surface area contributed by atoms with Gasteiger partial charge in [-0.15, -0.1) is 0 Å². The molecule has 1 aliphatic rings. The van der Waals surface area contributed by atoms with Gasteiger partial charge in [0.15, 0.2) is 0 Å². The fraction of sp³-hybridized carbons (Fsp3) is 0.909. The molecule has 0 aromatic heterocycles. The number of carboxylic acid groups (broad SMARTS) is 1. The molecule has 19 heavy (non-hydrogen) atoms. The first kappa shape index (κ1) is 16.4. The van der Waals surface area contributed by atoms with Crippen LogP contribution in [0.4, 0.5) is 0 Å². The zero-order valence-corrected chi connectivity index (χ0v) is 12.4. The standard InChI is InChI=1S/C11H22N2O5S/c1-11(2,16)8-12(3)19(17,18)13-6-4-9(5-7-13)10(14)15/h9,16H,4-8H2,1-3H3,(H,14,15). The molecule has 0 aromatic rings. The second-order valence-corrected chi connectivity index (χ2v) is 7.62. The van der Waals surface area contributed by atoms with Gasteiger partial charge in [-0.25, -0.2) is 0 Å². The summed E-state index contributed by atoms with van der Waals surface area (Å²) in [7, 11) is -2.22. The van der Waals surface area contributed by atoms with E-state index >= 15 is 0 Å². The summed E-state index contributed by atoms with van der Waals surface area (Å²) in [4.78, 5) is 10.8. The molecule has 0 unspecified atom stereocenters. The van der Waals surface area contributed by atoms with Crippen molar-refractivity contribution in [1.29, 1.82) is 0 Å². The van der Waals surface area contributed by atoms with Crippen molar-refractivity contribution < 1.29 is 23.4 Å². The van der Waals surface area contributed by atoms with Crippen LogP contribution in [-0.2, 0) is 15.0 Å². The van der Waals surface area contributed by atoms with Crippen molar-refractivity contribution >= 4 is 16.2 Å². The number of carbonyl (C=O) groups is 1. The van der Waals surface area contributed by atoms with Crippen LogP contribution in [0.3, 0.4) is 0 Å². The number of hydrogen-bond donors (Lipinski definition) is 2. The lowest BCUT2D eigenvalue weighted by molar-refractivity contribution is -0.142. The molecule has 0 aromatic carbocycles. The Morgan fingerprint density at radius 3 is 2.21 bits per heavy atom. The summed E-state index contributed by atoms with van der Waals surface area (Å²) in [5.74, 6) is -1.34. The topological polar surface area (TPSA) is 98.2 Å². The van der Waals surface area contributed by atoms with E-state index in [4.69, 9.17) is 5.11 Å². The first-order chi connectivity index (χ1) is 8.54. The molecule has 2 N–H and O–H groups in total. The smallest absolute Gasteiger partial charge is 0.306 e. The number of carboxylic acids is 1. The maximum Gasteiger partial charge on any atom is 0.306 e. The van der Waals surface area contributed by atoms with Crippen molar-refractivity contribution in [3.8, 4) is 0 Å². The van der Waals surface area contributed by atoms with Gasteiger partial charge in [0.05, 0.1) is 11.5 Å². The molecule has 0 aliphatic carbocycles. The summed E-state index contributed by atoms with van der Waals surface area (Å²) in [6.45, 7) is 3.48. The van der Waals surface area contributed by atoms with Gasteiger partial charge in [-0.05, 0) is 26.7 Å². The van der Waals surface area contributed by atoms with E-state index in [1.54, 1.807) is 0 Å². The van der Waals surface area contributed by atoms with E-state index in [-0.39, 0.29) is 19.6 Å². The fourth-order valence-corrected chi connectivity index (χ4v) is 3.70. The van der Waals surface area contributed by atoms with Gasteiger partial charge in [-0.3, -0.25) is 4.79 Å². The third kappa shape index (κ3) is 4.41. The summed E-state index contributed by atoms with van der Waals surface area (Å²) in [6.07, 6.45) is 0.649. The number of piperidine rings is 1. The van der Waals surface area contributed by atoms with Crippen molar-refractivity contribution in [2.75, 3.05) is 26.7 Å². The maximum atomic E-state index is 12.2. The fourth-order valence-electron chi connectivity index (χ4n) is 2.16. The van der Waals surface area contributed by atoms with Gasteiger partial charge in [0, 0.05) is 26.7 Å². The van der Waals surface area contributed by atoms with Crippen molar-refractivity contribution in [1.82, 2.24) is 8.61 Å². The molecule has 112 valence electrons. The van der Waals surface area contributed by atoms with Gasteiger partial charge in [0.2, 0.25) is 0 Å². The van der Waals surface area contributed by atoms with Crippen LogP contribution in [0.15, 0.2) is 0 Å². The minimum absolute atomic E-state index is 0.00576. The Balaban J connectivity index is 2.67. The summed E-state index contributed by atoms with van der Waals surface area (Å²) in [6, 6.07) is 0. The molecule has 0 atom stereocenters. The van der Waals surface area contributed by atoms with Crippen LogP contribution in [0.25, 0.3) is 0 Å². The Hall–Kier alpha value is -0.700. The molecular formula is C11H22N2O5S. The third-order valence-electron chi connectivity index (χ3n) is 3.13. The van der Waals surface area contributed by atoms with Crippen LogP contribution >= 0.6 is 0 Å². The molecule has 0 bridgehead atoms. The Bertz CT molecular complexity index is 421. The predicted molar refractivity (Wildman–Crippen MR) is 69.8 cm³/mol. The van der Waals surface area contributed by atoms with Crippen LogP contribution < -0.4 is 0 Å². The van der Waals surface area contributed by atoms with Gasteiger partial charge in [-0.2, -0.15) is 17.0 Å². The van der Waals surface area contributed by atoms with Crippen LogP contribution in [0.5, 0.6) is 0 Å². The third-order valence-corrected chi connectivity index (χ3v) is 5.07. The van der Waals surface area contributed by atoms with Crippen molar-refractivity contribution in [3.63, 3.8) is 0 Å². The van der Waals surface area contributed by atoms with Crippen LogP contribution in [-0.4, -0.2) is 65.5 Å². The normalized spacial score (nSPS) is 19.8. The molecule has 0 saturated carbocycles. The minimum Gasteiger partial charge on any atom is -0.481 e. The van der Waals surface area contributed by atoms with Crippen LogP contribution in [0, 0.1) is 5.92 Å². The first-order valence-corrected chi connectivity index (χ1v) is 7.60. The highest BCUT2D eigenvalue weighted by atomic mass is 32.2. The van der Waals surface area contributed by atoms with Crippen LogP contribution in [0.2, 0.25) is 0 Å². The highest BCUT2D eigenvalue weighted by Crippen LogP contribution is 2.21.